The summed E-state index contributed by atoms with van der Waals surface area (Å²) in [5, 5.41) is 3.41. The number of nitrogens with zero attached hydrogens (tertiary/aromatic N) is 2. The zero-order valence-electron chi connectivity index (χ0n) is 10.2. The van der Waals surface area contributed by atoms with Crippen LogP contribution < -0.4 is 5.32 Å². The fourth-order valence-corrected chi connectivity index (χ4v) is 3.44. The molecule has 0 atom stereocenters. The van der Waals surface area contributed by atoms with Crippen molar-refractivity contribution < 1.29 is 0 Å². The highest BCUT2D eigenvalue weighted by atomic mass is 79.9. The minimum atomic E-state index is 0.499. The molecule has 1 N–H and O–H groups in total. The van der Waals surface area contributed by atoms with E-state index in [1.165, 1.54) is 22.0 Å². The van der Waals surface area contributed by atoms with Crippen molar-refractivity contribution in [3.63, 3.8) is 0 Å². The number of rotatable bonds is 5. The van der Waals surface area contributed by atoms with Gasteiger partial charge in [-0.3, -0.25) is 0 Å². The molecule has 2 aromatic rings. The van der Waals surface area contributed by atoms with E-state index in [0.717, 1.165) is 15.4 Å². The van der Waals surface area contributed by atoms with E-state index in [-0.39, 0.29) is 0 Å². The Labute approximate surface area is 124 Å². The van der Waals surface area contributed by atoms with Crippen LogP contribution >= 0.6 is 39.2 Å². The molecule has 0 aliphatic carbocycles. The molecule has 2 rings (SSSR count). The van der Waals surface area contributed by atoms with Crippen LogP contribution in [0.1, 0.15) is 19.4 Å². The third-order valence-electron chi connectivity index (χ3n) is 2.25. The number of nitrogens with one attached hydrogen (secondary N) is 1. The van der Waals surface area contributed by atoms with Gasteiger partial charge in [-0.15, -0.1) is 0 Å². The summed E-state index contributed by atoms with van der Waals surface area (Å²) >= 11 is 6.65. The van der Waals surface area contributed by atoms with Crippen LogP contribution in [0.2, 0.25) is 0 Å². The van der Waals surface area contributed by atoms with E-state index in [4.69, 9.17) is 0 Å². The van der Waals surface area contributed by atoms with E-state index in [1.54, 1.807) is 18.1 Å². The molecule has 6 heteroatoms. The highest BCUT2D eigenvalue weighted by molar-refractivity contribution is 9.10. The van der Waals surface area contributed by atoms with E-state index < -0.39 is 0 Å². The van der Waals surface area contributed by atoms with Crippen LogP contribution in [-0.2, 0) is 6.54 Å². The summed E-state index contributed by atoms with van der Waals surface area (Å²) in [4.78, 5) is 5.34. The second-order valence-electron chi connectivity index (χ2n) is 4.11. The molecule has 3 nitrogen and oxygen atoms in total. The van der Waals surface area contributed by atoms with Crippen LogP contribution in [0, 0.1) is 0 Å². The molecule has 1 aromatic heterocycles. The van der Waals surface area contributed by atoms with Gasteiger partial charge in [0.1, 0.15) is 6.33 Å². The first-order valence-electron chi connectivity index (χ1n) is 5.61. The zero-order chi connectivity index (χ0) is 13.0. The van der Waals surface area contributed by atoms with Gasteiger partial charge < -0.3 is 5.32 Å². The van der Waals surface area contributed by atoms with Crippen molar-refractivity contribution >= 4 is 39.2 Å². The topological polar surface area (TPSA) is 37.8 Å². The molecule has 0 saturated heterocycles. The lowest BCUT2D eigenvalue weighted by molar-refractivity contribution is 0.588. The van der Waals surface area contributed by atoms with Crippen LogP contribution in [0.15, 0.2) is 38.2 Å². The predicted molar refractivity (Wildman–Crippen MR) is 80.1 cm³/mol. The van der Waals surface area contributed by atoms with Gasteiger partial charge in [0.15, 0.2) is 4.34 Å². The zero-order valence-corrected chi connectivity index (χ0v) is 13.4. The third kappa shape index (κ3) is 4.05. The van der Waals surface area contributed by atoms with Gasteiger partial charge in [-0.25, -0.2) is 4.98 Å². The average molecular weight is 344 g/mol. The Hall–Kier alpha value is -0.430. The Kier molecular flexibility index (Phi) is 5.17. The Morgan fingerprint density at radius 2 is 2.28 bits per heavy atom. The van der Waals surface area contributed by atoms with Gasteiger partial charge >= 0.3 is 0 Å². The summed E-state index contributed by atoms with van der Waals surface area (Å²) in [5.74, 6) is 0. The largest absolute Gasteiger partial charge is 0.310 e. The molecule has 0 fully saturated rings. The van der Waals surface area contributed by atoms with Gasteiger partial charge in [0.05, 0.1) is 0 Å². The summed E-state index contributed by atoms with van der Waals surface area (Å²) in [6.45, 7) is 5.18. The summed E-state index contributed by atoms with van der Waals surface area (Å²) in [5.41, 5.74) is 1.28. The van der Waals surface area contributed by atoms with E-state index >= 15 is 0 Å². The first kappa shape index (κ1) is 14.0. The summed E-state index contributed by atoms with van der Waals surface area (Å²) < 4.78 is 6.06. The first-order valence-corrected chi connectivity index (χ1v) is 8.00. The molecular weight excluding hydrogens is 330 g/mol. The predicted octanol–water partition coefficient (Wildman–Crippen LogP) is 3.95. The normalized spacial score (nSPS) is 11.1. The molecule has 0 amide bonds. The molecule has 1 aromatic carbocycles. The molecule has 0 unspecified atom stereocenters. The number of hydrogen-bond acceptors (Lipinski definition) is 5. The highest BCUT2D eigenvalue weighted by Gasteiger charge is 2.06. The molecule has 18 heavy (non-hydrogen) atoms. The number of benzene rings is 1. The van der Waals surface area contributed by atoms with Crippen molar-refractivity contribution in [1.82, 2.24) is 14.7 Å². The van der Waals surface area contributed by atoms with Crippen LogP contribution in [-0.4, -0.2) is 15.4 Å². The molecule has 0 saturated carbocycles. The van der Waals surface area contributed by atoms with Crippen LogP contribution in [0.25, 0.3) is 0 Å². The standard InChI is InChI=1S/C12H14BrN3S2/c1-8(2)14-6-9-3-4-11(10(13)5-9)17-12-15-7-16-18-12/h3-5,7-8,14H,6H2,1-2H3. The maximum atomic E-state index is 4.17. The SMILES string of the molecule is CC(C)NCc1ccc(Sc2ncns2)c(Br)c1. The Morgan fingerprint density at radius 1 is 1.44 bits per heavy atom. The van der Waals surface area contributed by atoms with Crippen molar-refractivity contribution in [3.05, 3.63) is 34.6 Å². The van der Waals surface area contributed by atoms with Crippen molar-refractivity contribution in [1.29, 1.82) is 0 Å². The van der Waals surface area contributed by atoms with Crippen LogP contribution in [0.4, 0.5) is 0 Å². The smallest absolute Gasteiger partial charge is 0.174 e. The Bertz CT molecular complexity index is 500. The van der Waals surface area contributed by atoms with Crippen LogP contribution in [0.5, 0.6) is 0 Å². The molecule has 96 valence electrons. The van der Waals surface area contributed by atoms with Crippen molar-refractivity contribution in [2.75, 3.05) is 0 Å². The van der Waals surface area contributed by atoms with Gasteiger partial charge in [-0.2, -0.15) is 4.37 Å². The lowest BCUT2D eigenvalue weighted by atomic mass is 10.2. The summed E-state index contributed by atoms with van der Waals surface area (Å²) in [6.07, 6.45) is 1.59. The third-order valence-corrected chi connectivity index (χ3v) is 4.96. The van der Waals surface area contributed by atoms with Crippen LogP contribution in [0.3, 0.4) is 0 Å². The Morgan fingerprint density at radius 3 is 2.89 bits per heavy atom. The second-order valence-corrected chi connectivity index (χ2v) is 7.03. The van der Waals surface area contributed by atoms with Gasteiger partial charge in [0.25, 0.3) is 0 Å². The molecule has 0 aliphatic rings. The number of halogens is 1. The van der Waals surface area contributed by atoms with Crippen molar-refractivity contribution in [2.45, 2.75) is 35.7 Å². The average Bonchev–Trinajstić information content (AvgIpc) is 2.82. The van der Waals surface area contributed by atoms with Gasteiger partial charge in [-0.1, -0.05) is 31.7 Å². The number of aromatic nitrogens is 2. The molecule has 0 spiro atoms. The van der Waals surface area contributed by atoms with Gasteiger partial charge in [0, 0.05) is 22.0 Å². The van der Waals surface area contributed by atoms with E-state index in [2.05, 4.69) is 62.7 Å². The minimum Gasteiger partial charge on any atom is -0.310 e. The fourth-order valence-electron chi connectivity index (χ4n) is 1.36. The van der Waals surface area contributed by atoms with Gasteiger partial charge in [-0.05, 0) is 45.2 Å². The van der Waals surface area contributed by atoms with Crippen molar-refractivity contribution in [2.24, 2.45) is 0 Å². The minimum absolute atomic E-state index is 0.499. The molecule has 0 radical (unpaired) electrons. The molecule has 1 heterocycles. The Balaban J connectivity index is 2.05. The lowest BCUT2D eigenvalue weighted by Crippen LogP contribution is -2.21. The quantitative estimate of drug-likeness (QED) is 0.891. The molecule has 0 bridgehead atoms. The van der Waals surface area contributed by atoms with Crippen molar-refractivity contribution in [3.8, 4) is 0 Å². The molecular formula is C12H14BrN3S2. The maximum absolute atomic E-state index is 4.17. The number of hydrogen-bond donors (Lipinski definition) is 1. The van der Waals surface area contributed by atoms with E-state index in [9.17, 15) is 0 Å². The highest BCUT2D eigenvalue weighted by Crippen LogP contribution is 2.34. The van der Waals surface area contributed by atoms with E-state index in [1.807, 2.05) is 0 Å². The van der Waals surface area contributed by atoms with E-state index in [0.29, 0.717) is 6.04 Å². The molecule has 0 aliphatic heterocycles. The monoisotopic (exact) mass is 343 g/mol. The van der Waals surface area contributed by atoms with Gasteiger partial charge in [0.2, 0.25) is 0 Å². The second kappa shape index (κ2) is 6.65. The lowest BCUT2D eigenvalue weighted by Gasteiger charge is -2.09. The first-order chi connectivity index (χ1) is 8.65. The summed E-state index contributed by atoms with van der Waals surface area (Å²) in [7, 11) is 0. The fraction of sp³-hybridized carbons (Fsp3) is 0.333. The maximum Gasteiger partial charge on any atom is 0.174 e. The summed E-state index contributed by atoms with van der Waals surface area (Å²) in [6, 6.07) is 6.91.